The molecule has 19 heavy (non-hydrogen) atoms. The molecule has 1 saturated heterocycles. The van der Waals surface area contributed by atoms with E-state index in [0.29, 0.717) is 0 Å². The van der Waals surface area contributed by atoms with E-state index in [1.165, 1.54) is 5.56 Å². The van der Waals surface area contributed by atoms with E-state index in [4.69, 9.17) is 17.0 Å². The zero-order valence-corrected chi connectivity index (χ0v) is 11.9. The highest BCUT2D eigenvalue weighted by Gasteiger charge is 2.12. The molecular formula is C13H18N4OS. The summed E-state index contributed by atoms with van der Waals surface area (Å²) in [5.74, 6) is 0. The summed E-state index contributed by atoms with van der Waals surface area (Å²) in [6.07, 6.45) is 1.84. The van der Waals surface area contributed by atoms with Gasteiger partial charge in [-0.25, -0.2) is 4.98 Å². The van der Waals surface area contributed by atoms with Crippen LogP contribution in [0.2, 0.25) is 0 Å². The fourth-order valence-electron chi connectivity index (χ4n) is 2.45. The Kier molecular flexibility index (Phi) is 3.63. The van der Waals surface area contributed by atoms with Crippen LogP contribution in [0.15, 0.2) is 12.3 Å². The average molecular weight is 278 g/mol. The number of hydrogen-bond donors (Lipinski definition) is 1. The van der Waals surface area contributed by atoms with Crippen molar-refractivity contribution in [1.82, 2.24) is 19.4 Å². The highest BCUT2D eigenvalue weighted by molar-refractivity contribution is 7.71. The van der Waals surface area contributed by atoms with Crippen LogP contribution >= 0.6 is 12.2 Å². The minimum absolute atomic E-state index is 0.755. The molecule has 3 heterocycles. The molecule has 1 aliphatic rings. The molecule has 0 spiro atoms. The van der Waals surface area contributed by atoms with Gasteiger partial charge in [0.15, 0.2) is 10.4 Å². The summed E-state index contributed by atoms with van der Waals surface area (Å²) in [6, 6.07) is 2.00. The third-order valence-electron chi connectivity index (χ3n) is 3.62. The summed E-state index contributed by atoms with van der Waals surface area (Å²) < 4.78 is 8.20. The van der Waals surface area contributed by atoms with Crippen molar-refractivity contribution in [2.24, 2.45) is 0 Å². The predicted octanol–water partition coefficient (Wildman–Crippen LogP) is 1.73. The second-order valence-electron chi connectivity index (χ2n) is 4.86. The van der Waals surface area contributed by atoms with Crippen molar-refractivity contribution in [2.45, 2.75) is 13.5 Å². The lowest BCUT2D eigenvalue weighted by atomic mass is 10.3. The van der Waals surface area contributed by atoms with E-state index in [2.05, 4.69) is 26.4 Å². The first-order chi connectivity index (χ1) is 9.25. The molecule has 0 aromatic carbocycles. The Labute approximate surface area is 117 Å². The van der Waals surface area contributed by atoms with Crippen LogP contribution in [0.1, 0.15) is 5.56 Å². The fraction of sp³-hybridized carbons (Fsp3) is 0.538. The maximum atomic E-state index is 5.40. The van der Waals surface area contributed by atoms with Gasteiger partial charge in [-0.3, -0.25) is 4.90 Å². The number of rotatable bonds is 3. The molecule has 0 aliphatic carbocycles. The van der Waals surface area contributed by atoms with Gasteiger partial charge in [0.1, 0.15) is 0 Å². The van der Waals surface area contributed by atoms with Crippen LogP contribution in [0.3, 0.4) is 0 Å². The van der Waals surface area contributed by atoms with E-state index in [0.717, 1.165) is 55.3 Å². The van der Waals surface area contributed by atoms with Crippen LogP contribution in [0.5, 0.6) is 0 Å². The maximum Gasteiger partial charge on any atom is 0.179 e. The second kappa shape index (κ2) is 5.40. The Bertz CT molecular complexity index is 627. The topological polar surface area (TPSA) is 46.1 Å². The SMILES string of the molecule is Cc1ccnc2c1[nH]c(=S)n2CCN1CCOCC1. The number of nitrogens with zero attached hydrogens (tertiary/aromatic N) is 3. The first-order valence-electron chi connectivity index (χ1n) is 6.60. The van der Waals surface area contributed by atoms with Gasteiger partial charge in [0.05, 0.1) is 18.7 Å². The van der Waals surface area contributed by atoms with Crippen LogP contribution in [-0.4, -0.2) is 52.3 Å². The summed E-state index contributed by atoms with van der Waals surface area (Å²) in [4.78, 5) is 10.1. The molecule has 0 bridgehead atoms. The number of fused-ring (bicyclic) bond motifs is 1. The van der Waals surface area contributed by atoms with Crippen molar-refractivity contribution >= 4 is 23.4 Å². The summed E-state index contributed by atoms with van der Waals surface area (Å²) in [7, 11) is 0. The number of morpholine rings is 1. The van der Waals surface area contributed by atoms with E-state index < -0.39 is 0 Å². The molecule has 0 saturated carbocycles. The van der Waals surface area contributed by atoms with Gasteiger partial charge in [0.2, 0.25) is 0 Å². The van der Waals surface area contributed by atoms with E-state index in [9.17, 15) is 0 Å². The van der Waals surface area contributed by atoms with E-state index in [-0.39, 0.29) is 0 Å². The summed E-state index contributed by atoms with van der Waals surface area (Å²) in [6.45, 7) is 7.59. The third kappa shape index (κ3) is 2.56. The monoisotopic (exact) mass is 278 g/mol. The van der Waals surface area contributed by atoms with Gasteiger partial charge < -0.3 is 14.3 Å². The first kappa shape index (κ1) is 12.8. The summed E-state index contributed by atoms with van der Waals surface area (Å²) in [5, 5.41) is 0. The number of nitrogens with one attached hydrogen (secondary N) is 1. The van der Waals surface area contributed by atoms with Crippen LogP contribution in [0.25, 0.3) is 11.2 Å². The van der Waals surface area contributed by atoms with Crippen molar-refractivity contribution in [3.8, 4) is 0 Å². The zero-order chi connectivity index (χ0) is 13.2. The van der Waals surface area contributed by atoms with Gasteiger partial charge in [0, 0.05) is 32.4 Å². The highest BCUT2D eigenvalue weighted by Crippen LogP contribution is 2.15. The molecule has 2 aromatic rings. The smallest absolute Gasteiger partial charge is 0.179 e. The largest absolute Gasteiger partial charge is 0.379 e. The Balaban J connectivity index is 1.82. The minimum Gasteiger partial charge on any atom is -0.379 e. The number of aromatic nitrogens is 3. The lowest BCUT2D eigenvalue weighted by Gasteiger charge is -2.26. The zero-order valence-electron chi connectivity index (χ0n) is 11.1. The number of H-pyrrole nitrogens is 1. The van der Waals surface area contributed by atoms with Crippen molar-refractivity contribution in [1.29, 1.82) is 0 Å². The molecule has 0 radical (unpaired) electrons. The number of aryl methyl sites for hydroxylation is 1. The molecule has 6 heteroatoms. The minimum atomic E-state index is 0.755. The van der Waals surface area contributed by atoms with Gasteiger partial charge in [0.25, 0.3) is 0 Å². The molecule has 1 N–H and O–H groups in total. The molecule has 3 rings (SSSR count). The molecular weight excluding hydrogens is 260 g/mol. The number of ether oxygens (including phenoxy) is 1. The Morgan fingerprint density at radius 3 is 2.95 bits per heavy atom. The Hall–Kier alpha value is -1.24. The fourth-order valence-corrected chi connectivity index (χ4v) is 2.73. The average Bonchev–Trinajstić information content (AvgIpc) is 2.75. The first-order valence-corrected chi connectivity index (χ1v) is 7.01. The third-order valence-corrected chi connectivity index (χ3v) is 3.94. The normalized spacial score (nSPS) is 17.1. The highest BCUT2D eigenvalue weighted by atomic mass is 32.1. The van der Waals surface area contributed by atoms with Gasteiger partial charge in [-0.2, -0.15) is 0 Å². The van der Waals surface area contributed by atoms with E-state index in [1.807, 2.05) is 12.3 Å². The Morgan fingerprint density at radius 2 is 2.16 bits per heavy atom. The van der Waals surface area contributed by atoms with Crippen LogP contribution in [-0.2, 0) is 11.3 Å². The molecule has 1 aliphatic heterocycles. The molecule has 5 nitrogen and oxygen atoms in total. The van der Waals surface area contributed by atoms with Gasteiger partial charge >= 0.3 is 0 Å². The van der Waals surface area contributed by atoms with Crippen LogP contribution in [0.4, 0.5) is 0 Å². The molecule has 0 unspecified atom stereocenters. The lowest BCUT2D eigenvalue weighted by Crippen LogP contribution is -2.38. The summed E-state index contributed by atoms with van der Waals surface area (Å²) >= 11 is 5.40. The maximum absolute atomic E-state index is 5.40. The summed E-state index contributed by atoms with van der Waals surface area (Å²) in [5.41, 5.74) is 3.19. The number of pyridine rings is 1. The molecule has 1 fully saturated rings. The molecule has 0 amide bonds. The molecule has 102 valence electrons. The van der Waals surface area contributed by atoms with Crippen molar-refractivity contribution in [3.63, 3.8) is 0 Å². The number of imidazole rings is 1. The second-order valence-corrected chi connectivity index (χ2v) is 5.25. The number of hydrogen-bond acceptors (Lipinski definition) is 4. The van der Waals surface area contributed by atoms with Gasteiger partial charge in [-0.1, -0.05) is 0 Å². The standard InChI is InChI=1S/C13H18N4OS/c1-10-2-3-14-12-11(10)15-13(19)17(12)5-4-16-6-8-18-9-7-16/h2-3H,4-9H2,1H3,(H,15,19). The lowest BCUT2D eigenvalue weighted by molar-refractivity contribution is 0.0364. The predicted molar refractivity (Wildman–Crippen MR) is 76.9 cm³/mol. The van der Waals surface area contributed by atoms with Crippen LogP contribution in [0, 0.1) is 11.7 Å². The van der Waals surface area contributed by atoms with Crippen LogP contribution < -0.4 is 0 Å². The van der Waals surface area contributed by atoms with E-state index >= 15 is 0 Å². The Morgan fingerprint density at radius 1 is 1.37 bits per heavy atom. The van der Waals surface area contributed by atoms with E-state index in [1.54, 1.807) is 0 Å². The molecule has 2 aromatic heterocycles. The van der Waals surface area contributed by atoms with Gasteiger partial charge in [-0.05, 0) is 30.8 Å². The van der Waals surface area contributed by atoms with Crippen molar-refractivity contribution in [3.05, 3.63) is 22.6 Å². The quantitative estimate of drug-likeness (QED) is 0.869. The van der Waals surface area contributed by atoms with Gasteiger partial charge in [-0.15, -0.1) is 0 Å². The van der Waals surface area contributed by atoms with Crippen molar-refractivity contribution < 1.29 is 4.74 Å². The molecule has 0 atom stereocenters. The number of aromatic amines is 1. The van der Waals surface area contributed by atoms with Crippen molar-refractivity contribution in [2.75, 3.05) is 32.8 Å².